The minimum atomic E-state index is -0.302. The van der Waals surface area contributed by atoms with Crippen molar-refractivity contribution in [1.82, 2.24) is 0 Å². The van der Waals surface area contributed by atoms with Crippen LogP contribution in [0.3, 0.4) is 0 Å². The normalized spacial score (nSPS) is 11.6. The summed E-state index contributed by atoms with van der Waals surface area (Å²) in [7, 11) is -0.302. The first kappa shape index (κ1) is 22.7. The van der Waals surface area contributed by atoms with Gasteiger partial charge in [0.1, 0.15) is 5.91 Å². The summed E-state index contributed by atoms with van der Waals surface area (Å²) >= 11 is 0. The summed E-state index contributed by atoms with van der Waals surface area (Å²) in [6, 6.07) is 14.6. The fourth-order valence-corrected chi connectivity index (χ4v) is 5.46. The molecule has 0 aromatic heterocycles. The Morgan fingerprint density at radius 1 is 0.893 bits per heavy atom. The topological polar surface area (TPSA) is 30.5 Å². The highest BCUT2D eigenvalue weighted by molar-refractivity contribution is 6.36. The van der Waals surface area contributed by atoms with E-state index in [4.69, 9.17) is 9.47 Å². The van der Waals surface area contributed by atoms with E-state index in [9.17, 15) is 0 Å². The second-order valence-corrected chi connectivity index (χ2v) is 9.49. The summed E-state index contributed by atoms with van der Waals surface area (Å²) in [5.41, 5.74) is 7.69. The maximum Gasteiger partial charge on any atom is 0.134 e. The Hall–Kier alpha value is -1.62. The van der Waals surface area contributed by atoms with Gasteiger partial charge in [-0.1, -0.05) is 42.3 Å². The van der Waals surface area contributed by atoms with Crippen molar-refractivity contribution in [2.75, 3.05) is 18.5 Å². The van der Waals surface area contributed by atoms with Crippen LogP contribution in [0.2, 0.25) is 6.04 Å². The van der Waals surface area contributed by atoms with Gasteiger partial charge >= 0.3 is 0 Å². The lowest BCUT2D eigenvalue weighted by Gasteiger charge is -2.16. The van der Waals surface area contributed by atoms with Crippen LogP contribution in [0.4, 0.5) is 11.4 Å². The van der Waals surface area contributed by atoms with Crippen LogP contribution < -0.4 is 5.32 Å². The van der Waals surface area contributed by atoms with Crippen LogP contribution in [0.1, 0.15) is 48.9 Å². The van der Waals surface area contributed by atoms with Gasteiger partial charge in [-0.05, 0) is 76.3 Å². The zero-order valence-electron chi connectivity index (χ0n) is 18.3. The summed E-state index contributed by atoms with van der Waals surface area (Å²) in [5.74, 6) is 0.106. The Morgan fingerprint density at radius 3 is 2.07 bits per heavy atom. The number of rotatable bonds is 12. The predicted octanol–water partition coefficient (Wildman–Crippen LogP) is 5.62. The molecule has 0 heterocycles. The first-order valence-corrected chi connectivity index (χ1v) is 12.5. The van der Waals surface area contributed by atoms with E-state index in [2.05, 4.69) is 62.5 Å². The maximum atomic E-state index is 5.67. The van der Waals surface area contributed by atoms with E-state index in [1.54, 1.807) is 0 Å². The van der Waals surface area contributed by atoms with Crippen molar-refractivity contribution < 1.29 is 9.47 Å². The van der Waals surface area contributed by atoms with Gasteiger partial charge in [0, 0.05) is 24.6 Å². The number of nitrogens with one attached hydrogen (secondary N) is 1. The van der Waals surface area contributed by atoms with Crippen LogP contribution >= 0.6 is 0 Å². The molecule has 2 rings (SSSR count). The Bertz CT molecular complexity index is 686. The predicted molar refractivity (Wildman–Crippen MR) is 124 cm³/mol. The molecule has 0 aliphatic carbocycles. The van der Waals surface area contributed by atoms with Crippen molar-refractivity contribution in [3.05, 3.63) is 58.7 Å². The van der Waals surface area contributed by atoms with Crippen molar-refractivity contribution in [1.29, 1.82) is 0 Å². The van der Waals surface area contributed by atoms with Crippen molar-refractivity contribution >= 4 is 20.9 Å². The molecule has 0 unspecified atom stereocenters. The molecule has 0 bridgehead atoms. The molecule has 28 heavy (non-hydrogen) atoms. The van der Waals surface area contributed by atoms with Gasteiger partial charge < -0.3 is 14.8 Å². The van der Waals surface area contributed by atoms with E-state index in [0.29, 0.717) is 0 Å². The van der Waals surface area contributed by atoms with Crippen LogP contribution in [-0.2, 0) is 15.9 Å². The molecule has 0 aliphatic heterocycles. The highest BCUT2D eigenvalue weighted by atomic mass is 28.2. The molecule has 2 aromatic carbocycles. The number of unbranched alkanes of at least 4 members (excludes halogenated alkanes) is 1. The van der Waals surface area contributed by atoms with E-state index in [0.717, 1.165) is 25.3 Å². The van der Waals surface area contributed by atoms with Gasteiger partial charge in [-0.3, -0.25) is 0 Å². The van der Waals surface area contributed by atoms with Crippen LogP contribution in [0.15, 0.2) is 36.4 Å². The highest BCUT2D eigenvalue weighted by Gasteiger charge is 2.08. The average Bonchev–Trinajstić information content (AvgIpc) is 2.66. The molecule has 1 N–H and O–H groups in total. The minimum Gasteiger partial charge on any atom is -0.357 e. The number of benzene rings is 2. The average molecular weight is 400 g/mol. The monoisotopic (exact) mass is 399 g/mol. The van der Waals surface area contributed by atoms with E-state index in [1.807, 2.05) is 13.8 Å². The molecule has 3 nitrogen and oxygen atoms in total. The molecule has 4 heteroatoms. The van der Waals surface area contributed by atoms with Gasteiger partial charge in [-0.15, -0.1) is 0 Å². The number of hydrogen-bond acceptors (Lipinski definition) is 3. The van der Waals surface area contributed by atoms with E-state index >= 15 is 0 Å². The SMILES string of the molecule is CCOC(OCC)[SiH2]CCCCc1ccc(Nc2c(C)cc(C)cc2C)cc1. The number of aryl methyl sites for hydroxylation is 4. The third kappa shape index (κ3) is 7.42. The lowest BCUT2D eigenvalue weighted by atomic mass is 10.0. The molecule has 0 spiro atoms. The Balaban J connectivity index is 1.77. The lowest BCUT2D eigenvalue weighted by molar-refractivity contribution is -0.0827. The minimum absolute atomic E-state index is 0.106. The summed E-state index contributed by atoms with van der Waals surface area (Å²) in [6.07, 6.45) is 3.65. The molecule has 0 fully saturated rings. The molecule has 0 saturated carbocycles. The van der Waals surface area contributed by atoms with Gasteiger partial charge in [0.2, 0.25) is 0 Å². The molecule has 0 radical (unpaired) electrons. The third-order valence-electron chi connectivity index (χ3n) is 5.01. The molecule has 0 atom stereocenters. The first-order chi connectivity index (χ1) is 13.5. The summed E-state index contributed by atoms with van der Waals surface area (Å²) in [5, 5.41) is 3.59. The zero-order valence-corrected chi connectivity index (χ0v) is 19.7. The second kappa shape index (κ2) is 12.0. The summed E-state index contributed by atoms with van der Waals surface area (Å²) in [4.78, 5) is 0. The Labute approximate surface area is 173 Å². The fourth-order valence-electron chi connectivity index (χ4n) is 3.68. The smallest absolute Gasteiger partial charge is 0.134 e. The van der Waals surface area contributed by atoms with Crippen LogP contribution in [0.25, 0.3) is 0 Å². The van der Waals surface area contributed by atoms with Crippen molar-refractivity contribution in [3.8, 4) is 0 Å². The van der Waals surface area contributed by atoms with Crippen molar-refractivity contribution in [3.63, 3.8) is 0 Å². The van der Waals surface area contributed by atoms with Gasteiger partial charge in [-0.25, -0.2) is 0 Å². The number of hydrogen-bond donors (Lipinski definition) is 1. The molecule has 2 aromatic rings. The van der Waals surface area contributed by atoms with Crippen LogP contribution in [-0.4, -0.2) is 28.6 Å². The zero-order chi connectivity index (χ0) is 20.4. The first-order valence-electron chi connectivity index (χ1n) is 10.7. The molecule has 0 saturated heterocycles. The quantitative estimate of drug-likeness (QED) is 0.285. The molecule has 154 valence electrons. The largest absolute Gasteiger partial charge is 0.357 e. The van der Waals surface area contributed by atoms with E-state index in [1.165, 1.54) is 46.8 Å². The van der Waals surface area contributed by atoms with Crippen molar-refractivity contribution in [2.45, 2.75) is 65.8 Å². The summed E-state index contributed by atoms with van der Waals surface area (Å²) < 4.78 is 11.3. The lowest BCUT2D eigenvalue weighted by Crippen LogP contribution is -2.24. The third-order valence-corrected chi connectivity index (χ3v) is 6.86. The van der Waals surface area contributed by atoms with Crippen LogP contribution in [0.5, 0.6) is 0 Å². The van der Waals surface area contributed by atoms with Gasteiger partial charge in [0.15, 0.2) is 0 Å². The van der Waals surface area contributed by atoms with Gasteiger partial charge in [-0.2, -0.15) is 0 Å². The Morgan fingerprint density at radius 2 is 1.50 bits per heavy atom. The molecule has 0 amide bonds. The Kier molecular flexibility index (Phi) is 9.75. The molecule has 0 aliphatic rings. The molecular weight excluding hydrogens is 362 g/mol. The van der Waals surface area contributed by atoms with Crippen LogP contribution in [0, 0.1) is 20.8 Å². The second-order valence-electron chi connectivity index (χ2n) is 7.54. The van der Waals surface area contributed by atoms with Crippen molar-refractivity contribution in [2.24, 2.45) is 0 Å². The fraction of sp³-hybridized carbons (Fsp3) is 0.500. The highest BCUT2D eigenvalue weighted by Crippen LogP contribution is 2.26. The van der Waals surface area contributed by atoms with E-state index < -0.39 is 0 Å². The molecular formula is C24H37NO2Si. The maximum absolute atomic E-state index is 5.67. The number of anilines is 2. The van der Waals surface area contributed by atoms with E-state index in [-0.39, 0.29) is 15.4 Å². The van der Waals surface area contributed by atoms with Gasteiger partial charge in [0.25, 0.3) is 0 Å². The summed E-state index contributed by atoms with van der Waals surface area (Å²) in [6.45, 7) is 12.1. The number of ether oxygens (including phenoxy) is 2. The standard InChI is InChI=1S/C24H37NO2Si/c1-6-26-24(27-7-2)28-15-9-8-10-21-11-13-22(14-12-21)25-23-19(4)16-18(3)17-20(23)5/h11-14,16-17,24-25H,6-10,15,28H2,1-5H3. The van der Waals surface area contributed by atoms with Gasteiger partial charge in [0.05, 0.1) is 9.52 Å².